The Morgan fingerprint density at radius 3 is 1.94 bits per heavy atom. The molecule has 0 aliphatic carbocycles. The molecule has 0 amide bonds. The first-order valence-corrected chi connectivity index (χ1v) is 11.3. The van der Waals surface area contributed by atoms with Gasteiger partial charge in [-0.15, -0.1) is 0 Å². The summed E-state index contributed by atoms with van der Waals surface area (Å²) in [5, 5.41) is 1.88. The molecule has 0 radical (unpaired) electrons. The van der Waals surface area contributed by atoms with E-state index in [4.69, 9.17) is 18.9 Å². The molecule has 1 aliphatic heterocycles. The van der Waals surface area contributed by atoms with Gasteiger partial charge in [0.05, 0.1) is 26.9 Å². The number of carbonyl (C=O) groups excluding carboxylic acids is 1. The van der Waals surface area contributed by atoms with E-state index in [0.717, 1.165) is 39.0 Å². The summed E-state index contributed by atoms with van der Waals surface area (Å²) >= 11 is 0. The summed E-state index contributed by atoms with van der Waals surface area (Å²) in [5.74, 6) is 1.75. The summed E-state index contributed by atoms with van der Waals surface area (Å²) in [6, 6.07) is 23.6. The first-order valence-electron chi connectivity index (χ1n) is 11.3. The third-order valence-electron chi connectivity index (χ3n) is 6.58. The van der Waals surface area contributed by atoms with Crippen LogP contribution >= 0.6 is 0 Å². The number of aryl methyl sites for hydroxylation is 1. The highest BCUT2D eigenvalue weighted by molar-refractivity contribution is 6.04. The molecule has 35 heavy (non-hydrogen) atoms. The van der Waals surface area contributed by atoms with E-state index < -0.39 is 11.6 Å². The highest BCUT2D eigenvalue weighted by atomic mass is 16.5. The van der Waals surface area contributed by atoms with E-state index in [2.05, 4.69) is 0 Å². The maximum atomic E-state index is 12.7. The van der Waals surface area contributed by atoms with Crippen LogP contribution in [0.25, 0.3) is 16.8 Å². The molecule has 0 atom stereocenters. The molecule has 0 bridgehead atoms. The van der Waals surface area contributed by atoms with E-state index >= 15 is 0 Å². The number of esters is 1. The smallest absolute Gasteiger partial charge is 0.338 e. The number of rotatable bonds is 5. The van der Waals surface area contributed by atoms with Crippen molar-refractivity contribution in [3.8, 4) is 17.2 Å². The Labute approximate surface area is 204 Å². The lowest BCUT2D eigenvalue weighted by atomic mass is 9.82. The minimum atomic E-state index is -0.934. The van der Waals surface area contributed by atoms with Crippen LogP contribution in [0.1, 0.15) is 32.6 Å². The molecule has 4 aromatic carbocycles. The van der Waals surface area contributed by atoms with Gasteiger partial charge in [-0.25, -0.2) is 4.79 Å². The van der Waals surface area contributed by atoms with Crippen LogP contribution in [-0.4, -0.2) is 27.3 Å². The molecule has 0 unspecified atom stereocenters. The van der Waals surface area contributed by atoms with Crippen LogP contribution in [0.4, 0.5) is 0 Å². The number of fused-ring (bicyclic) bond motifs is 3. The summed E-state index contributed by atoms with van der Waals surface area (Å²) in [6.45, 7) is 2.02. The molecule has 0 N–H and O–H groups in total. The molecule has 176 valence electrons. The fourth-order valence-electron chi connectivity index (χ4n) is 4.66. The Balaban J connectivity index is 1.79. The largest absolute Gasteiger partial charge is 0.497 e. The van der Waals surface area contributed by atoms with Crippen molar-refractivity contribution >= 4 is 22.8 Å². The van der Waals surface area contributed by atoms with Crippen LogP contribution in [0.15, 0.2) is 78.9 Å². The van der Waals surface area contributed by atoms with Gasteiger partial charge >= 0.3 is 5.97 Å². The highest BCUT2D eigenvalue weighted by Crippen LogP contribution is 2.47. The monoisotopic (exact) mass is 466 g/mol. The summed E-state index contributed by atoms with van der Waals surface area (Å²) in [7, 11) is 4.68. The van der Waals surface area contributed by atoms with Crippen molar-refractivity contribution in [1.82, 2.24) is 0 Å². The molecular formula is C30H26O5. The van der Waals surface area contributed by atoms with E-state index in [-0.39, 0.29) is 0 Å². The molecule has 0 saturated carbocycles. The van der Waals surface area contributed by atoms with Crippen LogP contribution in [0, 0.1) is 6.92 Å². The van der Waals surface area contributed by atoms with Gasteiger partial charge < -0.3 is 18.9 Å². The quantitative estimate of drug-likeness (QED) is 0.323. The standard InChI is InChI=1S/C30H26O5/c1-19-6-5-7-24-26(19)18-27(29(31)34-4)25-16-17-30(35-28(24)25,20-8-12-22(32-2)13-9-20)21-10-14-23(33-3)15-11-21/h5-18H,1-4H3. The second-order valence-corrected chi connectivity index (χ2v) is 8.46. The fraction of sp³-hybridized carbons (Fsp3) is 0.167. The van der Waals surface area contributed by atoms with E-state index in [9.17, 15) is 4.79 Å². The number of carbonyl (C=O) groups is 1. The Bertz CT molecular complexity index is 1390. The van der Waals surface area contributed by atoms with Gasteiger partial charge in [0.1, 0.15) is 17.2 Å². The predicted molar refractivity (Wildman–Crippen MR) is 136 cm³/mol. The van der Waals surface area contributed by atoms with Gasteiger partial charge in [-0.1, -0.05) is 42.5 Å². The molecule has 1 aliphatic rings. The lowest BCUT2D eigenvalue weighted by molar-refractivity contribution is 0.0599. The third-order valence-corrected chi connectivity index (χ3v) is 6.58. The number of benzene rings is 4. The molecule has 5 nitrogen and oxygen atoms in total. The number of ether oxygens (including phenoxy) is 4. The topological polar surface area (TPSA) is 54.0 Å². The Morgan fingerprint density at radius 1 is 0.800 bits per heavy atom. The first kappa shape index (κ1) is 22.5. The van der Waals surface area contributed by atoms with Gasteiger partial charge in [0.15, 0.2) is 5.60 Å². The molecule has 5 heteroatoms. The third kappa shape index (κ3) is 3.69. The number of hydrogen-bond donors (Lipinski definition) is 0. The zero-order valence-electron chi connectivity index (χ0n) is 20.1. The second kappa shape index (κ2) is 8.84. The van der Waals surface area contributed by atoms with Crippen molar-refractivity contribution in [1.29, 1.82) is 0 Å². The fourth-order valence-corrected chi connectivity index (χ4v) is 4.66. The summed E-state index contributed by atoms with van der Waals surface area (Å²) in [6.07, 6.45) is 3.95. The van der Waals surface area contributed by atoms with E-state index in [1.807, 2.05) is 91.9 Å². The van der Waals surface area contributed by atoms with E-state index in [1.54, 1.807) is 14.2 Å². The Kier molecular flexibility index (Phi) is 5.69. The Hall–Kier alpha value is -4.25. The van der Waals surface area contributed by atoms with Crippen LogP contribution in [0.5, 0.6) is 17.2 Å². The minimum absolute atomic E-state index is 0.402. The van der Waals surface area contributed by atoms with Crippen LogP contribution in [0.2, 0.25) is 0 Å². The van der Waals surface area contributed by atoms with Crippen LogP contribution < -0.4 is 14.2 Å². The maximum absolute atomic E-state index is 12.7. The SMILES string of the molecule is COC(=O)c1cc2c(C)cccc2c2c1C=CC(c1ccc(OC)cc1)(c1ccc(OC)cc1)O2. The van der Waals surface area contributed by atoms with Gasteiger partial charge in [-0.3, -0.25) is 0 Å². The van der Waals surface area contributed by atoms with Gasteiger partial charge in [0, 0.05) is 22.1 Å². The molecule has 0 saturated heterocycles. The normalized spacial score (nSPS) is 13.6. The number of methoxy groups -OCH3 is 3. The lowest BCUT2D eigenvalue weighted by Gasteiger charge is -2.37. The van der Waals surface area contributed by atoms with Crippen molar-refractivity contribution in [2.24, 2.45) is 0 Å². The van der Waals surface area contributed by atoms with Crippen LogP contribution in [-0.2, 0) is 10.3 Å². The summed E-state index contributed by atoms with van der Waals surface area (Å²) in [5.41, 5.74) is 3.14. The molecular weight excluding hydrogens is 440 g/mol. The van der Waals surface area contributed by atoms with Gasteiger partial charge in [0.25, 0.3) is 0 Å². The van der Waals surface area contributed by atoms with Gasteiger partial charge in [-0.05, 0) is 60.4 Å². The van der Waals surface area contributed by atoms with Gasteiger partial charge in [0.2, 0.25) is 0 Å². The molecule has 0 fully saturated rings. The molecule has 0 aromatic heterocycles. The molecule has 5 rings (SSSR count). The zero-order chi connectivity index (χ0) is 24.6. The van der Waals surface area contributed by atoms with Crippen molar-refractivity contribution in [2.75, 3.05) is 21.3 Å². The predicted octanol–water partition coefficient (Wildman–Crippen LogP) is 6.30. The van der Waals surface area contributed by atoms with Crippen molar-refractivity contribution in [2.45, 2.75) is 12.5 Å². The van der Waals surface area contributed by atoms with Gasteiger partial charge in [-0.2, -0.15) is 0 Å². The summed E-state index contributed by atoms with van der Waals surface area (Å²) < 4.78 is 22.8. The van der Waals surface area contributed by atoms with E-state index in [1.165, 1.54) is 7.11 Å². The van der Waals surface area contributed by atoms with Crippen LogP contribution in [0.3, 0.4) is 0 Å². The Morgan fingerprint density at radius 2 is 1.40 bits per heavy atom. The highest BCUT2D eigenvalue weighted by Gasteiger charge is 2.39. The minimum Gasteiger partial charge on any atom is -0.497 e. The second-order valence-electron chi connectivity index (χ2n) is 8.46. The molecule has 4 aromatic rings. The summed E-state index contributed by atoms with van der Waals surface area (Å²) in [4.78, 5) is 12.7. The van der Waals surface area contributed by atoms with Crippen molar-refractivity contribution < 1.29 is 23.7 Å². The maximum Gasteiger partial charge on any atom is 0.338 e. The van der Waals surface area contributed by atoms with Crippen molar-refractivity contribution in [3.05, 3.63) is 107 Å². The number of hydrogen-bond acceptors (Lipinski definition) is 5. The van der Waals surface area contributed by atoms with Crippen molar-refractivity contribution in [3.63, 3.8) is 0 Å². The zero-order valence-corrected chi connectivity index (χ0v) is 20.1. The molecule has 0 spiro atoms. The molecule has 1 heterocycles. The average molecular weight is 467 g/mol. The van der Waals surface area contributed by atoms with E-state index in [0.29, 0.717) is 16.9 Å². The average Bonchev–Trinajstić information content (AvgIpc) is 2.92. The first-order chi connectivity index (χ1) is 17.0. The lowest BCUT2D eigenvalue weighted by Crippen LogP contribution is -2.34.